The van der Waals surface area contributed by atoms with E-state index in [4.69, 9.17) is 23.2 Å². The molecular formula is C22H24Cl2N4O3S. The van der Waals surface area contributed by atoms with Crippen molar-refractivity contribution in [1.29, 1.82) is 0 Å². The second-order valence-electron chi connectivity index (χ2n) is 7.80. The van der Waals surface area contributed by atoms with Crippen molar-refractivity contribution in [2.75, 3.05) is 18.4 Å². The number of rotatable bonds is 6. The number of amides is 1. The Bertz CT molecular complexity index is 1250. The Hall–Kier alpha value is -2.13. The smallest absolute Gasteiger partial charge is 0.244 e. The normalized spacial score (nSPS) is 15.8. The average molecular weight is 495 g/mol. The van der Waals surface area contributed by atoms with E-state index in [0.717, 1.165) is 24.0 Å². The van der Waals surface area contributed by atoms with Gasteiger partial charge in [-0.2, -0.15) is 4.31 Å². The maximum Gasteiger partial charge on any atom is 0.244 e. The maximum atomic E-state index is 13.0. The molecule has 1 N–H and O–H groups in total. The Labute approximate surface area is 197 Å². The van der Waals surface area contributed by atoms with E-state index in [1.807, 2.05) is 28.8 Å². The van der Waals surface area contributed by atoms with Gasteiger partial charge in [0.25, 0.3) is 0 Å². The Morgan fingerprint density at radius 1 is 1.12 bits per heavy atom. The van der Waals surface area contributed by atoms with Crippen LogP contribution in [0.3, 0.4) is 0 Å². The number of aryl methyl sites for hydroxylation is 1. The number of benzene rings is 2. The summed E-state index contributed by atoms with van der Waals surface area (Å²) in [7, 11) is -3.79. The van der Waals surface area contributed by atoms with Gasteiger partial charge in [-0.25, -0.2) is 13.4 Å². The Balaban J connectivity index is 1.46. The molecule has 7 nitrogen and oxygen atoms in total. The third-order valence-corrected chi connectivity index (χ3v) is 8.57. The molecule has 3 aromatic rings. The van der Waals surface area contributed by atoms with Crippen LogP contribution in [0.5, 0.6) is 0 Å². The predicted octanol–water partition coefficient (Wildman–Crippen LogP) is 4.79. The second-order valence-corrected chi connectivity index (χ2v) is 10.5. The summed E-state index contributed by atoms with van der Waals surface area (Å²) in [6, 6.07) is 12.3. The molecule has 1 aromatic heterocycles. The van der Waals surface area contributed by atoms with Gasteiger partial charge in [0.2, 0.25) is 21.9 Å². The number of carbonyl (C=O) groups excluding carboxylic acids is 1. The number of imidazole rings is 1. The van der Waals surface area contributed by atoms with Crippen molar-refractivity contribution in [3.05, 3.63) is 52.5 Å². The fourth-order valence-corrected chi connectivity index (χ4v) is 6.22. The van der Waals surface area contributed by atoms with Crippen LogP contribution in [-0.4, -0.2) is 41.3 Å². The third-order valence-electron chi connectivity index (χ3n) is 5.70. The lowest BCUT2D eigenvalue weighted by molar-refractivity contribution is -0.121. The van der Waals surface area contributed by atoms with E-state index >= 15 is 0 Å². The molecule has 1 fully saturated rings. The van der Waals surface area contributed by atoms with E-state index in [9.17, 15) is 13.2 Å². The number of carbonyl (C=O) groups is 1. The van der Waals surface area contributed by atoms with E-state index in [0.29, 0.717) is 18.8 Å². The number of nitrogens with zero attached hydrogens (tertiary/aromatic N) is 3. The van der Waals surface area contributed by atoms with E-state index < -0.39 is 10.0 Å². The molecule has 4 rings (SSSR count). The van der Waals surface area contributed by atoms with Gasteiger partial charge in [-0.3, -0.25) is 10.1 Å². The first-order valence-electron chi connectivity index (χ1n) is 10.5. The molecule has 10 heteroatoms. The summed E-state index contributed by atoms with van der Waals surface area (Å²) >= 11 is 12.1. The lowest BCUT2D eigenvalue weighted by atomic mass is 9.97. The number of anilines is 1. The molecule has 2 heterocycles. The Morgan fingerprint density at radius 2 is 1.84 bits per heavy atom. The van der Waals surface area contributed by atoms with Gasteiger partial charge in [0, 0.05) is 25.6 Å². The van der Waals surface area contributed by atoms with E-state index in [1.165, 1.54) is 10.4 Å². The molecule has 32 heavy (non-hydrogen) atoms. The van der Waals surface area contributed by atoms with Crippen molar-refractivity contribution in [1.82, 2.24) is 13.9 Å². The van der Waals surface area contributed by atoms with Crippen LogP contribution in [0.2, 0.25) is 10.0 Å². The molecule has 0 bridgehead atoms. The summed E-state index contributed by atoms with van der Waals surface area (Å²) in [4.78, 5) is 17.5. The Morgan fingerprint density at radius 3 is 2.56 bits per heavy atom. The number of halogens is 2. The summed E-state index contributed by atoms with van der Waals surface area (Å²) in [5, 5.41) is 3.17. The minimum absolute atomic E-state index is 0.0112. The van der Waals surface area contributed by atoms with Crippen molar-refractivity contribution >= 4 is 56.1 Å². The molecular weight excluding hydrogens is 471 g/mol. The molecule has 0 unspecified atom stereocenters. The number of sulfonamides is 1. The minimum Gasteiger partial charge on any atom is -0.310 e. The van der Waals surface area contributed by atoms with Crippen molar-refractivity contribution in [2.45, 2.75) is 37.6 Å². The number of para-hydroxylation sites is 2. The highest BCUT2D eigenvalue weighted by atomic mass is 35.5. The molecule has 0 saturated carbocycles. The monoisotopic (exact) mass is 494 g/mol. The van der Waals surface area contributed by atoms with Gasteiger partial charge in [0.05, 0.1) is 21.1 Å². The zero-order chi connectivity index (χ0) is 22.9. The summed E-state index contributed by atoms with van der Waals surface area (Å²) < 4.78 is 29.4. The number of piperidine rings is 1. The average Bonchev–Trinajstić information content (AvgIpc) is 3.13. The van der Waals surface area contributed by atoms with Gasteiger partial charge in [-0.15, -0.1) is 0 Å². The lowest BCUT2D eigenvalue weighted by Crippen LogP contribution is -2.41. The molecule has 0 spiro atoms. The highest BCUT2D eigenvalue weighted by Gasteiger charge is 2.34. The van der Waals surface area contributed by atoms with Crippen molar-refractivity contribution in [3.8, 4) is 0 Å². The Kier molecular flexibility index (Phi) is 6.76. The molecule has 0 radical (unpaired) electrons. The van der Waals surface area contributed by atoms with Gasteiger partial charge in [0.1, 0.15) is 4.90 Å². The van der Waals surface area contributed by atoms with Crippen LogP contribution < -0.4 is 5.32 Å². The number of aromatic nitrogens is 2. The predicted molar refractivity (Wildman–Crippen MR) is 127 cm³/mol. The number of hydrogen-bond acceptors (Lipinski definition) is 4. The molecule has 0 atom stereocenters. The molecule has 1 amide bonds. The van der Waals surface area contributed by atoms with Crippen LogP contribution >= 0.6 is 23.2 Å². The quantitative estimate of drug-likeness (QED) is 0.533. The summed E-state index contributed by atoms with van der Waals surface area (Å²) in [5.74, 6) is 0.0838. The van der Waals surface area contributed by atoms with Crippen LogP contribution in [0.4, 0.5) is 5.95 Å². The second kappa shape index (κ2) is 9.39. The van der Waals surface area contributed by atoms with Gasteiger partial charge < -0.3 is 4.57 Å². The van der Waals surface area contributed by atoms with Crippen molar-refractivity contribution in [2.24, 2.45) is 5.92 Å². The molecule has 1 aliphatic rings. The summed E-state index contributed by atoms with van der Waals surface area (Å²) in [5.41, 5.74) is 1.81. The van der Waals surface area contributed by atoms with Crippen LogP contribution in [0.1, 0.15) is 26.2 Å². The molecule has 2 aromatic carbocycles. The fourth-order valence-electron chi connectivity index (χ4n) is 4.01. The molecule has 170 valence electrons. The SMILES string of the molecule is CCCn1c(NC(=O)C2CCN(S(=O)(=O)c3cccc(Cl)c3Cl)CC2)nc2ccccc21. The summed E-state index contributed by atoms with van der Waals surface area (Å²) in [6.45, 7) is 3.28. The van der Waals surface area contributed by atoms with Crippen LogP contribution in [0.15, 0.2) is 47.4 Å². The zero-order valence-corrected chi connectivity index (χ0v) is 19.9. The highest BCUT2D eigenvalue weighted by Crippen LogP contribution is 2.33. The third kappa shape index (κ3) is 4.37. The first-order chi connectivity index (χ1) is 15.3. The van der Waals surface area contributed by atoms with E-state index in [1.54, 1.807) is 12.1 Å². The van der Waals surface area contributed by atoms with Crippen LogP contribution in [-0.2, 0) is 21.4 Å². The first-order valence-corrected chi connectivity index (χ1v) is 12.7. The lowest BCUT2D eigenvalue weighted by Gasteiger charge is -2.30. The van der Waals surface area contributed by atoms with Gasteiger partial charge in [0.15, 0.2) is 0 Å². The number of hydrogen-bond donors (Lipinski definition) is 1. The van der Waals surface area contributed by atoms with Gasteiger partial charge in [-0.1, -0.05) is 48.3 Å². The molecule has 1 saturated heterocycles. The number of fused-ring (bicyclic) bond motifs is 1. The molecule has 0 aliphatic carbocycles. The van der Waals surface area contributed by atoms with E-state index in [-0.39, 0.29) is 39.9 Å². The first kappa shape index (κ1) is 23.0. The fraction of sp³-hybridized carbons (Fsp3) is 0.364. The van der Waals surface area contributed by atoms with E-state index in [2.05, 4.69) is 17.2 Å². The highest BCUT2D eigenvalue weighted by molar-refractivity contribution is 7.89. The minimum atomic E-state index is -3.79. The largest absolute Gasteiger partial charge is 0.310 e. The standard InChI is InChI=1S/C22H24Cl2N4O3S/c1-2-12-28-18-8-4-3-7-17(18)25-22(28)26-21(29)15-10-13-27(14-11-15)32(30,31)19-9-5-6-16(23)20(19)24/h3-9,15H,2,10-14H2,1H3,(H,25,26,29). The molecule has 1 aliphatic heterocycles. The van der Waals surface area contributed by atoms with Crippen molar-refractivity contribution < 1.29 is 13.2 Å². The topological polar surface area (TPSA) is 84.3 Å². The number of nitrogens with one attached hydrogen (secondary N) is 1. The van der Waals surface area contributed by atoms with Crippen molar-refractivity contribution in [3.63, 3.8) is 0 Å². The van der Waals surface area contributed by atoms with Crippen LogP contribution in [0, 0.1) is 5.92 Å². The van der Waals surface area contributed by atoms with Gasteiger partial charge >= 0.3 is 0 Å². The maximum absolute atomic E-state index is 13.0. The summed E-state index contributed by atoms with van der Waals surface area (Å²) in [6.07, 6.45) is 1.74. The van der Waals surface area contributed by atoms with Gasteiger partial charge in [-0.05, 0) is 43.5 Å². The van der Waals surface area contributed by atoms with Crippen LogP contribution in [0.25, 0.3) is 11.0 Å². The zero-order valence-electron chi connectivity index (χ0n) is 17.6.